The van der Waals surface area contributed by atoms with E-state index in [9.17, 15) is 18.0 Å². The van der Waals surface area contributed by atoms with Crippen LogP contribution >= 0.6 is 0 Å². The van der Waals surface area contributed by atoms with Crippen LogP contribution in [0.5, 0.6) is 0 Å². The van der Waals surface area contributed by atoms with Gasteiger partial charge in [-0.25, -0.2) is 4.79 Å². The Hall–Kier alpha value is -2.23. The average Bonchev–Trinajstić information content (AvgIpc) is 3.04. The molecule has 0 saturated carbocycles. The Labute approximate surface area is 169 Å². The van der Waals surface area contributed by atoms with E-state index in [4.69, 9.17) is 9.29 Å². The quantitative estimate of drug-likeness (QED) is 0.564. The molecule has 0 radical (unpaired) electrons. The summed E-state index contributed by atoms with van der Waals surface area (Å²) in [6, 6.07) is 8.58. The van der Waals surface area contributed by atoms with E-state index in [1.807, 2.05) is 24.3 Å². The number of hydrogen-bond donors (Lipinski definition) is 2. The van der Waals surface area contributed by atoms with E-state index in [0.29, 0.717) is 36.2 Å². The lowest BCUT2D eigenvalue weighted by Crippen LogP contribution is -2.63. The number of carbonyl (C=O) groups is 2. The lowest BCUT2D eigenvalue weighted by atomic mass is 9.72. The molecule has 6 rings (SSSR count). The summed E-state index contributed by atoms with van der Waals surface area (Å²) in [5, 5.41) is 0.909. The van der Waals surface area contributed by atoms with Crippen molar-refractivity contribution in [1.82, 2.24) is 9.88 Å². The topological polar surface area (TPSA) is 117 Å². The average molecular weight is 420 g/mol. The molecule has 4 aliphatic rings. The van der Waals surface area contributed by atoms with Crippen molar-refractivity contribution in [3.8, 4) is 0 Å². The minimum absolute atomic E-state index is 0.0356. The largest absolute Gasteiger partial charge is 0.459 e. The molecule has 9 heteroatoms. The SMILES string of the molecule is CS(=O)(=O)O.O=C(OC1CC2CC3CC(C1)N2CC3=O)c1c[nH]c2ccccc12. The molecule has 4 aliphatic heterocycles. The molecule has 2 N–H and O–H groups in total. The highest BCUT2D eigenvalue weighted by atomic mass is 32.2. The fourth-order valence-corrected chi connectivity index (χ4v) is 4.87. The molecule has 4 bridgehead atoms. The number of ether oxygens (including phenoxy) is 1. The van der Waals surface area contributed by atoms with E-state index in [2.05, 4.69) is 9.88 Å². The Balaban J connectivity index is 0.000000369. The molecule has 0 spiro atoms. The van der Waals surface area contributed by atoms with Crippen LogP contribution < -0.4 is 0 Å². The number of esters is 1. The first kappa shape index (κ1) is 20.1. The van der Waals surface area contributed by atoms with Crippen molar-refractivity contribution in [2.75, 3.05) is 12.8 Å². The zero-order valence-corrected chi connectivity index (χ0v) is 16.9. The zero-order valence-electron chi connectivity index (χ0n) is 16.1. The van der Waals surface area contributed by atoms with E-state index in [1.54, 1.807) is 6.20 Å². The first-order valence-corrected chi connectivity index (χ1v) is 11.5. The van der Waals surface area contributed by atoms with Gasteiger partial charge in [-0.1, -0.05) is 18.2 Å². The third-order valence-corrected chi connectivity index (χ3v) is 6.00. The van der Waals surface area contributed by atoms with Crippen LogP contribution in [0, 0.1) is 5.92 Å². The summed E-state index contributed by atoms with van der Waals surface area (Å²) < 4.78 is 31.7. The molecule has 0 amide bonds. The number of fused-ring (bicyclic) bond motifs is 2. The Morgan fingerprint density at radius 2 is 1.79 bits per heavy atom. The van der Waals surface area contributed by atoms with Crippen molar-refractivity contribution in [3.05, 3.63) is 36.0 Å². The highest BCUT2D eigenvalue weighted by molar-refractivity contribution is 7.85. The molecular formula is C20H24N2O6S. The van der Waals surface area contributed by atoms with E-state index in [-0.39, 0.29) is 18.0 Å². The highest BCUT2D eigenvalue weighted by Gasteiger charge is 2.49. The number of piperidine rings is 4. The summed E-state index contributed by atoms with van der Waals surface area (Å²) >= 11 is 0. The Morgan fingerprint density at radius 3 is 2.41 bits per heavy atom. The van der Waals surface area contributed by atoms with Crippen LogP contribution in [0.1, 0.15) is 36.0 Å². The maximum Gasteiger partial charge on any atom is 0.340 e. The molecule has 0 aliphatic carbocycles. The van der Waals surface area contributed by atoms with E-state index < -0.39 is 10.1 Å². The normalized spacial score (nSPS) is 30.6. The van der Waals surface area contributed by atoms with Crippen molar-refractivity contribution in [1.29, 1.82) is 0 Å². The first-order chi connectivity index (χ1) is 13.7. The van der Waals surface area contributed by atoms with Crippen LogP contribution in [0.4, 0.5) is 0 Å². The predicted octanol–water partition coefficient (Wildman–Crippen LogP) is 2.02. The Bertz CT molecular complexity index is 1020. The maximum absolute atomic E-state index is 12.6. The van der Waals surface area contributed by atoms with Gasteiger partial charge in [-0.2, -0.15) is 8.42 Å². The van der Waals surface area contributed by atoms with Crippen LogP contribution in [0.3, 0.4) is 0 Å². The fraction of sp³-hybridized carbons (Fsp3) is 0.500. The molecule has 29 heavy (non-hydrogen) atoms. The van der Waals surface area contributed by atoms with Gasteiger partial charge in [0.25, 0.3) is 10.1 Å². The van der Waals surface area contributed by atoms with Gasteiger partial charge in [-0.3, -0.25) is 14.2 Å². The second-order valence-electron chi connectivity index (χ2n) is 8.09. The van der Waals surface area contributed by atoms with Gasteiger partial charge < -0.3 is 9.72 Å². The number of carbonyl (C=O) groups excluding carboxylic acids is 2. The zero-order chi connectivity index (χ0) is 20.8. The molecule has 4 fully saturated rings. The van der Waals surface area contributed by atoms with Crippen molar-refractivity contribution in [2.24, 2.45) is 5.92 Å². The molecule has 2 atom stereocenters. The second-order valence-corrected chi connectivity index (χ2v) is 9.56. The molecular weight excluding hydrogens is 396 g/mol. The van der Waals surface area contributed by atoms with Crippen LogP contribution in [0.25, 0.3) is 10.9 Å². The van der Waals surface area contributed by atoms with Crippen molar-refractivity contribution in [3.63, 3.8) is 0 Å². The van der Waals surface area contributed by atoms with Crippen LogP contribution in [0.2, 0.25) is 0 Å². The third kappa shape index (κ3) is 4.36. The fourth-order valence-electron chi connectivity index (χ4n) is 4.87. The van der Waals surface area contributed by atoms with Gasteiger partial charge in [0.05, 0.1) is 18.4 Å². The molecule has 5 heterocycles. The summed E-state index contributed by atoms with van der Waals surface area (Å²) in [6.07, 6.45) is 6.01. The molecule has 8 nitrogen and oxygen atoms in total. The van der Waals surface area contributed by atoms with Gasteiger partial charge in [0.2, 0.25) is 0 Å². The number of H-pyrrole nitrogens is 1. The highest BCUT2D eigenvalue weighted by Crippen LogP contribution is 2.42. The maximum atomic E-state index is 12.6. The number of ketones is 1. The molecule has 156 valence electrons. The second kappa shape index (κ2) is 7.55. The third-order valence-electron chi connectivity index (χ3n) is 6.00. The molecule has 2 aromatic rings. The molecule has 4 saturated heterocycles. The minimum Gasteiger partial charge on any atom is -0.459 e. The number of para-hydroxylation sites is 1. The van der Waals surface area contributed by atoms with Crippen molar-refractivity contribution >= 4 is 32.8 Å². The summed E-state index contributed by atoms with van der Waals surface area (Å²) in [5.74, 6) is 0.403. The number of nitrogens with one attached hydrogen (secondary N) is 1. The smallest absolute Gasteiger partial charge is 0.340 e. The van der Waals surface area contributed by atoms with Crippen LogP contribution in [-0.2, 0) is 19.6 Å². The summed E-state index contributed by atoms with van der Waals surface area (Å²) in [5.41, 5.74) is 1.56. The Morgan fingerprint density at radius 1 is 1.17 bits per heavy atom. The van der Waals surface area contributed by atoms with E-state index in [1.165, 1.54) is 0 Å². The number of aromatic nitrogens is 1. The number of aromatic amines is 1. The lowest BCUT2D eigenvalue weighted by Gasteiger charge is -2.54. The Kier molecular flexibility index (Phi) is 5.22. The van der Waals surface area contributed by atoms with Gasteiger partial charge in [-0.15, -0.1) is 0 Å². The number of Topliss-reactive ketones (excluding diaryl/α,β-unsaturated/α-hetero) is 1. The van der Waals surface area contributed by atoms with E-state index >= 15 is 0 Å². The van der Waals surface area contributed by atoms with Gasteiger partial charge >= 0.3 is 5.97 Å². The predicted molar refractivity (Wildman–Crippen MR) is 106 cm³/mol. The van der Waals surface area contributed by atoms with Gasteiger partial charge in [0, 0.05) is 47.9 Å². The molecule has 1 aromatic carbocycles. The summed E-state index contributed by atoms with van der Waals surface area (Å²) in [6.45, 7) is 0.600. The monoisotopic (exact) mass is 420 g/mol. The molecule has 1 aromatic heterocycles. The first-order valence-electron chi connectivity index (χ1n) is 9.67. The van der Waals surface area contributed by atoms with Crippen molar-refractivity contribution in [2.45, 2.75) is 43.9 Å². The van der Waals surface area contributed by atoms with Crippen LogP contribution in [-0.4, -0.2) is 65.6 Å². The number of nitrogens with zero attached hydrogens (tertiary/aromatic N) is 1. The van der Waals surface area contributed by atoms with Gasteiger partial charge in [0.15, 0.2) is 0 Å². The van der Waals surface area contributed by atoms with Crippen molar-refractivity contribution < 1.29 is 27.3 Å². The van der Waals surface area contributed by atoms with Crippen LogP contribution in [0.15, 0.2) is 30.5 Å². The van der Waals surface area contributed by atoms with Gasteiger partial charge in [0.1, 0.15) is 11.9 Å². The standard InChI is InChI=1S/C19H20N2O3.CH4O3S/c22-18-10-21-12-5-11(18)6-13(21)8-14(7-12)24-19(23)16-9-20-17-4-2-1-3-15(16)17;1-5(2,3)4/h1-4,9,11-14,20H,5-8,10H2;1H3,(H,2,3,4). The molecule has 2 unspecified atom stereocenters. The van der Waals surface area contributed by atoms with E-state index in [0.717, 1.165) is 36.6 Å². The lowest BCUT2D eigenvalue weighted by molar-refractivity contribution is -0.145. The number of hydrogen-bond acceptors (Lipinski definition) is 6. The summed E-state index contributed by atoms with van der Waals surface area (Å²) in [4.78, 5) is 30.0. The van der Waals surface area contributed by atoms with Gasteiger partial charge in [-0.05, 0) is 18.9 Å². The minimum atomic E-state index is -3.67. The number of rotatable bonds is 2. The summed E-state index contributed by atoms with van der Waals surface area (Å²) in [7, 11) is -3.67. The number of benzene rings is 1.